The first-order chi connectivity index (χ1) is 8.38. The first-order valence-electron chi connectivity index (χ1n) is 5.62. The minimum atomic E-state index is -1.39. The minimum Gasteiger partial charge on any atom is -0.481 e. The van der Waals surface area contributed by atoms with Crippen molar-refractivity contribution in [1.82, 2.24) is 0 Å². The van der Waals surface area contributed by atoms with E-state index in [4.69, 9.17) is 9.84 Å². The summed E-state index contributed by atoms with van der Waals surface area (Å²) in [4.78, 5) is 32.9. The molecule has 0 spiro atoms. The molecule has 6 heteroatoms. The van der Waals surface area contributed by atoms with Crippen molar-refractivity contribution >= 4 is 17.9 Å². The lowest BCUT2D eigenvalue weighted by Gasteiger charge is -2.27. The lowest BCUT2D eigenvalue weighted by atomic mass is 9.77. The fourth-order valence-corrected chi connectivity index (χ4v) is 1.77. The molecule has 0 bridgehead atoms. The number of aliphatic carboxylic acids is 2. The summed E-state index contributed by atoms with van der Waals surface area (Å²) >= 11 is 0. The van der Waals surface area contributed by atoms with Crippen molar-refractivity contribution in [2.45, 2.75) is 32.6 Å². The van der Waals surface area contributed by atoms with E-state index in [1.807, 2.05) is 0 Å². The Bertz CT molecular complexity index is 335. The SMILES string of the molecule is C=CC(=O)OCCC(CCC)(CC(=O)O)C(=O)O. The molecule has 0 fully saturated rings. The predicted molar refractivity (Wildman–Crippen MR) is 63.0 cm³/mol. The first-order valence-corrected chi connectivity index (χ1v) is 5.62. The van der Waals surface area contributed by atoms with E-state index in [1.54, 1.807) is 6.92 Å². The van der Waals surface area contributed by atoms with Crippen LogP contribution in [0.15, 0.2) is 12.7 Å². The summed E-state index contributed by atoms with van der Waals surface area (Å²) in [6, 6.07) is 0. The Morgan fingerprint density at radius 2 is 1.89 bits per heavy atom. The molecule has 102 valence electrons. The highest BCUT2D eigenvalue weighted by atomic mass is 16.5. The van der Waals surface area contributed by atoms with Gasteiger partial charge < -0.3 is 14.9 Å². The smallest absolute Gasteiger partial charge is 0.330 e. The quantitative estimate of drug-likeness (QED) is 0.479. The van der Waals surface area contributed by atoms with Gasteiger partial charge in [0.15, 0.2) is 0 Å². The predicted octanol–water partition coefficient (Wildman–Crippen LogP) is 1.45. The summed E-state index contributed by atoms with van der Waals surface area (Å²) < 4.78 is 4.71. The van der Waals surface area contributed by atoms with Gasteiger partial charge in [-0.2, -0.15) is 0 Å². The van der Waals surface area contributed by atoms with Gasteiger partial charge in [-0.25, -0.2) is 4.79 Å². The molecule has 1 unspecified atom stereocenters. The molecule has 6 nitrogen and oxygen atoms in total. The molecule has 0 saturated heterocycles. The first kappa shape index (κ1) is 16.1. The maximum absolute atomic E-state index is 11.3. The highest BCUT2D eigenvalue weighted by Gasteiger charge is 2.39. The number of carbonyl (C=O) groups excluding carboxylic acids is 1. The molecule has 0 aromatic heterocycles. The topological polar surface area (TPSA) is 101 Å². The Balaban J connectivity index is 4.72. The second-order valence-corrected chi connectivity index (χ2v) is 4.03. The standard InChI is InChI=1S/C12H18O6/c1-3-5-12(11(16)17,8-9(13)14)6-7-18-10(15)4-2/h4H,2-3,5-8H2,1H3,(H,13,14)(H,16,17). The van der Waals surface area contributed by atoms with Gasteiger partial charge in [-0.15, -0.1) is 0 Å². The maximum Gasteiger partial charge on any atom is 0.330 e. The average molecular weight is 258 g/mol. The summed E-state index contributed by atoms with van der Waals surface area (Å²) in [5.74, 6) is -3.01. The van der Waals surface area contributed by atoms with Crippen LogP contribution in [0.4, 0.5) is 0 Å². The van der Waals surface area contributed by atoms with Gasteiger partial charge in [0.25, 0.3) is 0 Å². The van der Waals surface area contributed by atoms with E-state index in [-0.39, 0.29) is 19.4 Å². The molecule has 0 radical (unpaired) electrons. The fourth-order valence-electron chi connectivity index (χ4n) is 1.77. The fraction of sp³-hybridized carbons (Fsp3) is 0.583. The summed E-state index contributed by atoms with van der Waals surface area (Å²) in [5.41, 5.74) is -1.39. The van der Waals surface area contributed by atoms with Crippen LogP contribution < -0.4 is 0 Å². The number of hydrogen-bond donors (Lipinski definition) is 2. The van der Waals surface area contributed by atoms with Crippen molar-refractivity contribution in [2.75, 3.05) is 6.61 Å². The molecule has 18 heavy (non-hydrogen) atoms. The van der Waals surface area contributed by atoms with E-state index in [2.05, 4.69) is 6.58 Å². The van der Waals surface area contributed by atoms with Crippen LogP contribution >= 0.6 is 0 Å². The molecule has 0 aliphatic carbocycles. The second kappa shape index (κ2) is 7.47. The zero-order valence-corrected chi connectivity index (χ0v) is 10.3. The molecule has 0 aromatic carbocycles. The minimum absolute atomic E-state index is 0.0257. The number of carboxylic acid groups (broad SMARTS) is 2. The highest BCUT2D eigenvalue weighted by molar-refractivity contribution is 5.82. The lowest BCUT2D eigenvalue weighted by molar-refractivity contribution is -0.158. The van der Waals surface area contributed by atoms with Gasteiger partial charge >= 0.3 is 17.9 Å². The highest BCUT2D eigenvalue weighted by Crippen LogP contribution is 2.33. The number of hydrogen-bond acceptors (Lipinski definition) is 4. The van der Waals surface area contributed by atoms with Crippen molar-refractivity contribution in [3.63, 3.8) is 0 Å². The van der Waals surface area contributed by atoms with Crippen molar-refractivity contribution in [3.8, 4) is 0 Å². The van der Waals surface area contributed by atoms with Gasteiger partial charge in [0.2, 0.25) is 0 Å². The summed E-state index contributed by atoms with van der Waals surface area (Å²) in [7, 11) is 0. The van der Waals surface area contributed by atoms with E-state index in [9.17, 15) is 19.5 Å². The molecule has 0 saturated carbocycles. The van der Waals surface area contributed by atoms with Crippen LogP contribution in [0, 0.1) is 5.41 Å². The molecule has 0 aliphatic heterocycles. The number of carbonyl (C=O) groups is 3. The van der Waals surface area contributed by atoms with E-state index in [0.29, 0.717) is 6.42 Å². The third-order valence-electron chi connectivity index (χ3n) is 2.66. The number of carboxylic acids is 2. The normalized spacial score (nSPS) is 13.4. The molecule has 0 rings (SSSR count). The number of esters is 1. The molecule has 0 amide bonds. The molecule has 0 heterocycles. The maximum atomic E-state index is 11.3. The van der Waals surface area contributed by atoms with Crippen molar-refractivity contribution in [1.29, 1.82) is 0 Å². The molecule has 0 aromatic rings. The molecular formula is C12H18O6. The summed E-state index contributed by atoms with van der Waals surface area (Å²) in [6.45, 7) is 4.85. The van der Waals surface area contributed by atoms with Gasteiger partial charge in [0, 0.05) is 6.08 Å². The second-order valence-electron chi connectivity index (χ2n) is 4.03. The van der Waals surface area contributed by atoms with E-state index >= 15 is 0 Å². The lowest BCUT2D eigenvalue weighted by Crippen LogP contribution is -2.35. The van der Waals surface area contributed by atoms with Crippen molar-refractivity contribution in [2.24, 2.45) is 5.41 Å². The van der Waals surface area contributed by atoms with Gasteiger partial charge in [-0.05, 0) is 12.8 Å². The van der Waals surface area contributed by atoms with E-state index in [1.165, 1.54) is 0 Å². The Labute approximate surface area is 105 Å². The third kappa shape index (κ3) is 4.99. The molecular weight excluding hydrogens is 240 g/mol. The zero-order chi connectivity index (χ0) is 14.2. The van der Waals surface area contributed by atoms with Gasteiger partial charge in [-0.1, -0.05) is 19.9 Å². The molecule has 1 atom stereocenters. The molecule has 2 N–H and O–H groups in total. The van der Waals surface area contributed by atoms with Crippen LogP contribution in [-0.4, -0.2) is 34.7 Å². The Morgan fingerprint density at radius 3 is 2.28 bits per heavy atom. The zero-order valence-electron chi connectivity index (χ0n) is 10.3. The van der Waals surface area contributed by atoms with Crippen LogP contribution in [0.2, 0.25) is 0 Å². The van der Waals surface area contributed by atoms with Gasteiger partial charge in [0.1, 0.15) is 0 Å². The van der Waals surface area contributed by atoms with Crippen molar-refractivity contribution < 1.29 is 29.3 Å². The number of rotatable bonds is 9. The van der Waals surface area contributed by atoms with E-state index in [0.717, 1.165) is 6.08 Å². The Morgan fingerprint density at radius 1 is 1.28 bits per heavy atom. The van der Waals surface area contributed by atoms with Crippen LogP contribution in [0.3, 0.4) is 0 Å². The Hall–Kier alpha value is -1.85. The van der Waals surface area contributed by atoms with Crippen molar-refractivity contribution in [3.05, 3.63) is 12.7 Å². The van der Waals surface area contributed by atoms with Crippen LogP contribution in [0.25, 0.3) is 0 Å². The van der Waals surface area contributed by atoms with Crippen LogP contribution in [-0.2, 0) is 19.1 Å². The van der Waals surface area contributed by atoms with Gasteiger partial charge in [0.05, 0.1) is 18.4 Å². The largest absolute Gasteiger partial charge is 0.481 e. The van der Waals surface area contributed by atoms with E-state index < -0.39 is 29.7 Å². The number of ether oxygens (including phenoxy) is 1. The summed E-state index contributed by atoms with van der Waals surface area (Å²) in [5, 5.41) is 18.0. The van der Waals surface area contributed by atoms with Gasteiger partial charge in [-0.3, -0.25) is 9.59 Å². The third-order valence-corrected chi connectivity index (χ3v) is 2.66. The van der Waals surface area contributed by atoms with Crippen LogP contribution in [0.1, 0.15) is 32.6 Å². The summed E-state index contributed by atoms with van der Waals surface area (Å²) in [6.07, 6.45) is 1.22. The average Bonchev–Trinajstić information content (AvgIpc) is 2.27. The van der Waals surface area contributed by atoms with Crippen LogP contribution in [0.5, 0.6) is 0 Å². The Kier molecular flexibility index (Phi) is 6.70. The monoisotopic (exact) mass is 258 g/mol. The molecule has 0 aliphatic rings.